The van der Waals surface area contributed by atoms with E-state index in [-0.39, 0.29) is 0 Å². The molecule has 0 radical (unpaired) electrons. The molecule has 0 aromatic carbocycles. The van der Waals surface area contributed by atoms with E-state index in [0.29, 0.717) is 5.32 Å². The molecule has 0 bridgehead atoms. The van der Waals surface area contributed by atoms with Crippen LogP contribution in [-0.2, 0) is 4.74 Å². The second kappa shape index (κ2) is 7.19. The van der Waals surface area contributed by atoms with E-state index in [2.05, 4.69) is 4.74 Å². The van der Waals surface area contributed by atoms with Crippen molar-refractivity contribution >= 4 is 6.09 Å². The Morgan fingerprint density at radius 1 is 0.885 bits per heavy atom. The van der Waals surface area contributed by atoms with Crippen molar-refractivity contribution in [1.82, 2.24) is 5.32 Å². The summed E-state index contributed by atoms with van der Waals surface area (Å²) in [5.41, 5.74) is 0. The Morgan fingerprint density at radius 2 is 1.27 bits per heavy atom. The molecule has 26 heavy (non-hydrogen) atoms. The van der Waals surface area contributed by atoms with Gasteiger partial charge in [0.2, 0.25) is 6.23 Å². The fraction of sp³-hybridized carbons (Fsp3) is 0.900. The number of alkyl halides is 12. The normalized spacial score (nSPS) is 15.8. The van der Waals surface area contributed by atoms with Gasteiger partial charge in [-0.1, -0.05) is 0 Å². The molecule has 0 heterocycles. The van der Waals surface area contributed by atoms with Crippen LogP contribution in [0.3, 0.4) is 0 Å². The van der Waals surface area contributed by atoms with Crippen LogP contribution in [0.25, 0.3) is 0 Å². The first-order valence-corrected chi connectivity index (χ1v) is 6.10. The van der Waals surface area contributed by atoms with E-state index < -0.39 is 55.0 Å². The highest BCUT2D eigenvalue weighted by Gasteiger charge is 2.88. The summed E-state index contributed by atoms with van der Waals surface area (Å²) in [4.78, 5) is 10.7. The zero-order chi connectivity index (χ0) is 21.4. The van der Waals surface area contributed by atoms with Crippen molar-refractivity contribution < 1.29 is 67.3 Å². The van der Waals surface area contributed by atoms with Gasteiger partial charge in [0, 0.05) is 0 Å². The van der Waals surface area contributed by atoms with Crippen LogP contribution in [0, 0.1) is 0 Å². The minimum absolute atomic E-state index is 0.463. The maximum atomic E-state index is 13.3. The number of hydrogen-bond donors (Lipinski definition) is 2. The monoisotopic (exact) mass is 419 g/mol. The fourth-order valence-corrected chi connectivity index (χ4v) is 1.30. The van der Waals surface area contributed by atoms with Gasteiger partial charge in [-0.15, -0.1) is 0 Å². The molecule has 16 heteroatoms. The van der Waals surface area contributed by atoms with E-state index in [0.717, 1.165) is 6.92 Å². The first kappa shape index (κ1) is 24.4. The molecule has 0 spiro atoms. The van der Waals surface area contributed by atoms with E-state index in [1.807, 2.05) is 0 Å². The molecule has 0 fully saturated rings. The Balaban J connectivity index is 5.98. The minimum Gasteiger partial charge on any atom is -0.450 e. The highest BCUT2D eigenvalue weighted by atomic mass is 19.4. The van der Waals surface area contributed by atoms with Gasteiger partial charge >= 0.3 is 42.1 Å². The molecular weight excluding hydrogens is 410 g/mol. The number of alkyl carbamates (subject to hydrolysis) is 1. The molecular formula is C10H9F12NO3. The van der Waals surface area contributed by atoms with Crippen molar-refractivity contribution in [3.63, 3.8) is 0 Å². The third kappa shape index (κ3) is 3.59. The van der Waals surface area contributed by atoms with Gasteiger partial charge in [-0.05, 0) is 6.92 Å². The number of nitrogens with one attached hydrogen (secondary N) is 1. The zero-order valence-corrected chi connectivity index (χ0v) is 12.2. The van der Waals surface area contributed by atoms with Gasteiger partial charge < -0.3 is 9.84 Å². The molecule has 4 nitrogen and oxygen atoms in total. The number of aliphatic hydroxyl groups is 1. The van der Waals surface area contributed by atoms with Crippen molar-refractivity contribution in [3.8, 4) is 0 Å². The van der Waals surface area contributed by atoms with Crippen LogP contribution in [0.4, 0.5) is 57.5 Å². The molecule has 1 amide bonds. The summed E-state index contributed by atoms with van der Waals surface area (Å²) in [6.45, 7) is 0.440. The molecule has 156 valence electrons. The van der Waals surface area contributed by atoms with Crippen molar-refractivity contribution in [2.45, 2.75) is 49.2 Å². The van der Waals surface area contributed by atoms with Crippen LogP contribution in [-0.4, -0.2) is 60.1 Å². The number of ether oxygens (including phenoxy) is 1. The van der Waals surface area contributed by atoms with Gasteiger partial charge in [0.15, 0.2) is 0 Å². The molecule has 0 rings (SSSR count). The first-order chi connectivity index (χ1) is 11.3. The van der Waals surface area contributed by atoms with Crippen LogP contribution in [0.2, 0.25) is 0 Å². The Bertz CT molecular complexity index is 509. The number of rotatable bonds is 8. The summed E-state index contributed by atoms with van der Waals surface area (Å²) >= 11 is 0. The molecule has 0 aromatic heterocycles. The van der Waals surface area contributed by atoms with Gasteiger partial charge in [0.25, 0.3) is 0 Å². The molecule has 0 aliphatic rings. The molecule has 2 N–H and O–H groups in total. The average Bonchev–Trinajstić information content (AvgIpc) is 2.46. The summed E-state index contributed by atoms with van der Waals surface area (Å²) in [5.74, 6) is -36.9. The van der Waals surface area contributed by atoms with Crippen molar-refractivity contribution in [1.29, 1.82) is 0 Å². The maximum absolute atomic E-state index is 13.3. The molecule has 0 unspecified atom stereocenters. The van der Waals surface area contributed by atoms with Crippen molar-refractivity contribution in [2.75, 3.05) is 6.61 Å². The van der Waals surface area contributed by atoms with E-state index in [1.165, 1.54) is 0 Å². The van der Waals surface area contributed by atoms with Gasteiger partial charge in [-0.3, -0.25) is 5.32 Å². The Morgan fingerprint density at radius 3 is 1.62 bits per heavy atom. The number of aliphatic hydroxyl groups excluding tert-OH is 1. The SMILES string of the molecule is CCOC(=O)N[C@H](O)C(F)(F)C(F)(F)C(F)(F)C(F)(F)C(F)(F)C(F)F. The molecule has 0 aliphatic heterocycles. The number of carbonyl (C=O) groups is 1. The van der Waals surface area contributed by atoms with Gasteiger partial charge in [-0.2, -0.15) is 43.9 Å². The smallest absolute Gasteiger partial charge is 0.409 e. The highest BCUT2D eigenvalue weighted by Crippen LogP contribution is 2.58. The molecule has 1 atom stereocenters. The fourth-order valence-electron chi connectivity index (χ4n) is 1.30. The lowest BCUT2D eigenvalue weighted by Gasteiger charge is -2.40. The van der Waals surface area contributed by atoms with Crippen LogP contribution in [0.15, 0.2) is 0 Å². The molecule has 0 saturated carbocycles. The van der Waals surface area contributed by atoms with Crippen molar-refractivity contribution in [3.05, 3.63) is 0 Å². The standard InChI is InChI=1S/C10H9F12NO3/c1-2-26-5(25)23-4(24)7(15,16)9(19,20)10(21,22)8(17,18)6(13,14)3(11)12/h3-4,24H,2H2,1H3,(H,23,25)/t4-/m1/s1. The molecule has 0 aliphatic carbocycles. The second-order valence-corrected chi connectivity index (χ2v) is 4.54. The molecule has 0 aromatic rings. The first-order valence-electron chi connectivity index (χ1n) is 6.10. The lowest BCUT2D eigenvalue weighted by atomic mass is 9.93. The Hall–Kier alpha value is -1.61. The number of halogens is 12. The number of amides is 1. The van der Waals surface area contributed by atoms with Crippen LogP contribution < -0.4 is 5.32 Å². The Kier molecular flexibility index (Phi) is 6.74. The summed E-state index contributed by atoms with van der Waals surface area (Å²) in [6.07, 6.45) is -12.1. The number of carbonyl (C=O) groups excluding carboxylic acids is 1. The predicted molar refractivity (Wildman–Crippen MR) is 56.9 cm³/mol. The quantitative estimate of drug-likeness (QED) is 0.468. The van der Waals surface area contributed by atoms with Gasteiger partial charge in [0.05, 0.1) is 6.61 Å². The maximum Gasteiger partial charge on any atom is 0.409 e. The number of hydrogen-bond acceptors (Lipinski definition) is 3. The van der Waals surface area contributed by atoms with E-state index in [9.17, 15) is 57.5 Å². The highest BCUT2D eigenvalue weighted by molar-refractivity contribution is 5.67. The van der Waals surface area contributed by atoms with E-state index >= 15 is 0 Å². The third-order valence-electron chi connectivity index (χ3n) is 2.77. The largest absolute Gasteiger partial charge is 0.450 e. The predicted octanol–water partition coefficient (Wildman–Crippen LogP) is 3.49. The van der Waals surface area contributed by atoms with Crippen LogP contribution in [0.5, 0.6) is 0 Å². The average molecular weight is 419 g/mol. The lowest BCUT2D eigenvalue weighted by molar-refractivity contribution is -0.420. The minimum atomic E-state index is -7.79. The van der Waals surface area contributed by atoms with Gasteiger partial charge in [0.1, 0.15) is 0 Å². The zero-order valence-electron chi connectivity index (χ0n) is 12.2. The summed E-state index contributed by atoms with van der Waals surface area (Å²) in [6, 6.07) is 0. The van der Waals surface area contributed by atoms with Crippen LogP contribution in [0.1, 0.15) is 6.92 Å². The van der Waals surface area contributed by atoms with E-state index in [1.54, 1.807) is 0 Å². The van der Waals surface area contributed by atoms with Gasteiger partial charge in [-0.25, -0.2) is 13.6 Å². The third-order valence-corrected chi connectivity index (χ3v) is 2.77. The summed E-state index contributed by atoms with van der Waals surface area (Å²) in [5, 5.41) is 9.16. The topological polar surface area (TPSA) is 58.6 Å². The van der Waals surface area contributed by atoms with E-state index in [4.69, 9.17) is 5.11 Å². The second-order valence-electron chi connectivity index (χ2n) is 4.54. The van der Waals surface area contributed by atoms with Crippen molar-refractivity contribution in [2.24, 2.45) is 0 Å². The summed E-state index contributed by atoms with van der Waals surface area (Å²) in [7, 11) is 0. The Labute approximate surface area is 136 Å². The lowest BCUT2D eigenvalue weighted by Crippen LogP contribution is -2.71. The van der Waals surface area contributed by atoms with Crippen LogP contribution >= 0.6 is 0 Å². The molecule has 0 saturated heterocycles. The summed E-state index contributed by atoms with van der Waals surface area (Å²) < 4.78 is 158.